The molecule has 0 saturated carbocycles. The highest BCUT2D eigenvalue weighted by molar-refractivity contribution is 6.13. The molecule has 1 heterocycles. The lowest BCUT2D eigenvalue weighted by Gasteiger charge is -2.11. The minimum Gasteiger partial charge on any atom is -0.372 e. The number of rotatable bonds is 4. The molecule has 0 fully saturated rings. The van der Waals surface area contributed by atoms with E-state index in [2.05, 4.69) is 15.3 Å². The zero-order valence-corrected chi connectivity index (χ0v) is 14.8. The first-order chi connectivity index (χ1) is 13.2. The van der Waals surface area contributed by atoms with Gasteiger partial charge < -0.3 is 11.1 Å². The van der Waals surface area contributed by atoms with E-state index in [1.165, 1.54) is 0 Å². The Morgan fingerprint density at radius 3 is 2.44 bits per heavy atom. The molecule has 5 heteroatoms. The molecule has 0 unspecified atom stereocenters. The van der Waals surface area contributed by atoms with Crippen LogP contribution < -0.4 is 11.1 Å². The number of aromatic nitrogens is 2. The van der Waals surface area contributed by atoms with Crippen LogP contribution in [0.5, 0.6) is 0 Å². The number of ketones is 1. The van der Waals surface area contributed by atoms with E-state index >= 15 is 0 Å². The van der Waals surface area contributed by atoms with E-state index in [-0.39, 0.29) is 11.7 Å². The van der Waals surface area contributed by atoms with Crippen molar-refractivity contribution in [2.45, 2.75) is 0 Å². The fourth-order valence-electron chi connectivity index (χ4n) is 3.18. The van der Waals surface area contributed by atoms with E-state index in [1.807, 2.05) is 72.8 Å². The maximum absolute atomic E-state index is 13.0. The van der Waals surface area contributed by atoms with E-state index < -0.39 is 0 Å². The maximum atomic E-state index is 13.0. The lowest BCUT2D eigenvalue weighted by atomic mass is 9.93. The second-order valence-electron chi connectivity index (χ2n) is 6.15. The smallest absolute Gasteiger partial charge is 0.222 e. The Morgan fingerprint density at radius 2 is 1.67 bits per heavy atom. The van der Waals surface area contributed by atoms with Gasteiger partial charge in [0.05, 0.1) is 5.52 Å². The van der Waals surface area contributed by atoms with Crippen LogP contribution in [0, 0.1) is 0 Å². The summed E-state index contributed by atoms with van der Waals surface area (Å²) in [5.74, 6) is 0.875. The zero-order chi connectivity index (χ0) is 18.8. The predicted molar refractivity (Wildman–Crippen MR) is 109 cm³/mol. The van der Waals surface area contributed by atoms with Crippen LogP contribution in [-0.4, -0.2) is 22.8 Å². The Labute approximate surface area is 156 Å². The van der Waals surface area contributed by atoms with Crippen LogP contribution in [0.2, 0.25) is 0 Å². The van der Waals surface area contributed by atoms with Gasteiger partial charge in [-0.25, -0.2) is 4.98 Å². The van der Waals surface area contributed by atoms with Crippen molar-refractivity contribution in [3.8, 4) is 11.1 Å². The summed E-state index contributed by atoms with van der Waals surface area (Å²) in [4.78, 5) is 21.6. The number of hydrogen-bond donors (Lipinski definition) is 2. The number of fused-ring (bicyclic) bond motifs is 1. The number of nitrogens with zero attached hydrogens (tertiary/aromatic N) is 2. The van der Waals surface area contributed by atoms with Crippen LogP contribution in [0.4, 0.5) is 11.8 Å². The number of carbonyl (C=O) groups excluding carboxylic acids is 1. The summed E-state index contributed by atoms with van der Waals surface area (Å²) in [6, 6.07) is 22.7. The monoisotopic (exact) mass is 354 g/mol. The number of benzene rings is 3. The number of nitrogen functional groups attached to an aromatic ring is 1. The predicted octanol–water partition coefficient (Wildman–Crippen LogP) is 4.15. The summed E-state index contributed by atoms with van der Waals surface area (Å²) in [6.45, 7) is 0. The van der Waals surface area contributed by atoms with E-state index in [9.17, 15) is 4.79 Å². The first kappa shape index (κ1) is 16.7. The molecule has 0 bridgehead atoms. The second-order valence-corrected chi connectivity index (χ2v) is 6.15. The van der Waals surface area contributed by atoms with Crippen molar-refractivity contribution >= 4 is 28.5 Å². The van der Waals surface area contributed by atoms with Gasteiger partial charge in [0.25, 0.3) is 0 Å². The molecule has 1 aromatic heterocycles. The van der Waals surface area contributed by atoms with Crippen molar-refractivity contribution in [1.82, 2.24) is 9.97 Å². The number of carbonyl (C=O) groups is 1. The lowest BCUT2D eigenvalue weighted by molar-refractivity contribution is 0.103. The summed E-state index contributed by atoms with van der Waals surface area (Å²) in [5.41, 5.74) is 9.63. The van der Waals surface area contributed by atoms with Crippen LogP contribution in [0.1, 0.15) is 15.9 Å². The van der Waals surface area contributed by atoms with E-state index in [0.29, 0.717) is 16.9 Å². The molecule has 0 saturated heterocycles. The minimum atomic E-state index is -0.00980. The Balaban J connectivity index is 1.86. The van der Waals surface area contributed by atoms with Crippen molar-refractivity contribution in [2.24, 2.45) is 0 Å². The SMILES string of the molecule is CNc1nc(N)nc2cc(-c3ccccc3C(=O)c3ccccc3)ccc12. The quantitative estimate of drug-likeness (QED) is 0.538. The van der Waals surface area contributed by atoms with Gasteiger partial charge in [-0.15, -0.1) is 0 Å². The minimum absolute atomic E-state index is 0.00980. The van der Waals surface area contributed by atoms with E-state index in [1.54, 1.807) is 7.05 Å². The molecule has 3 N–H and O–H groups in total. The summed E-state index contributed by atoms with van der Waals surface area (Å²) < 4.78 is 0. The van der Waals surface area contributed by atoms with Crippen molar-refractivity contribution < 1.29 is 4.79 Å². The van der Waals surface area contributed by atoms with E-state index in [4.69, 9.17) is 5.73 Å². The first-order valence-electron chi connectivity index (χ1n) is 8.61. The molecule has 0 radical (unpaired) electrons. The van der Waals surface area contributed by atoms with Gasteiger partial charge in [-0.05, 0) is 23.3 Å². The number of anilines is 2. The van der Waals surface area contributed by atoms with Gasteiger partial charge in [0, 0.05) is 23.6 Å². The summed E-state index contributed by atoms with van der Waals surface area (Å²) in [5, 5.41) is 3.91. The molecular weight excluding hydrogens is 336 g/mol. The van der Waals surface area contributed by atoms with Crippen molar-refractivity contribution in [1.29, 1.82) is 0 Å². The molecule has 132 valence electrons. The van der Waals surface area contributed by atoms with Crippen LogP contribution >= 0.6 is 0 Å². The third-order valence-corrected chi connectivity index (χ3v) is 4.47. The first-order valence-corrected chi connectivity index (χ1v) is 8.61. The van der Waals surface area contributed by atoms with Crippen LogP contribution in [-0.2, 0) is 0 Å². The van der Waals surface area contributed by atoms with Gasteiger partial charge in [-0.3, -0.25) is 4.79 Å². The molecule has 5 nitrogen and oxygen atoms in total. The van der Waals surface area contributed by atoms with Crippen molar-refractivity contribution in [2.75, 3.05) is 18.1 Å². The molecule has 0 aliphatic heterocycles. The zero-order valence-electron chi connectivity index (χ0n) is 14.8. The third kappa shape index (κ3) is 3.11. The Morgan fingerprint density at radius 1 is 0.926 bits per heavy atom. The molecule has 0 aliphatic carbocycles. The van der Waals surface area contributed by atoms with E-state index in [0.717, 1.165) is 22.0 Å². The molecule has 3 aromatic carbocycles. The fourth-order valence-corrected chi connectivity index (χ4v) is 3.18. The molecule has 0 atom stereocenters. The topological polar surface area (TPSA) is 80.9 Å². The average molecular weight is 354 g/mol. The van der Waals surface area contributed by atoms with Gasteiger partial charge in [-0.2, -0.15) is 4.98 Å². The highest BCUT2D eigenvalue weighted by atomic mass is 16.1. The highest BCUT2D eigenvalue weighted by Crippen LogP contribution is 2.30. The van der Waals surface area contributed by atoms with Gasteiger partial charge in [0.15, 0.2) is 5.78 Å². The lowest BCUT2D eigenvalue weighted by Crippen LogP contribution is -2.04. The molecule has 4 rings (SSSR count). The second kappa shape index (κ2) is 6.88. The van der Waals surface area contributed by atoms with Gasteiger partial charge in [0.2, 0.25) is 5.95 Å². The Kier molecular flexibility index (Phi) is 4.26. The molecule has 0 aliphatic rings. The fraction of sp³-hybridized carbons (Fsp3) is 0.0455. The summed E-state index contributed by atoms with van der Waals surface area (Å²) in [7, 11) is 1.79. The third-order valence-electron chi connectivity index (χ3n) is 4.47. The van der Waals surface area contributed by atoms with Crippen molar-refractivity contribution in [3.63, 3.8) is 0 Å². The van der Waals surface area contributed by atoms with Crippen LogP contribution in [0.25, 0.3) is 22.0 Å². The Bertz CT molecular complexity index is 1140. The number of nitrogens with one attached hydrogen (secondary N) is 1. The summed E-state index contributed by atoms with van der Waals surface area (Å²) in [6.07, 6.45) is 0. The molecule has 27 heavy (non-hydrogen) atoms. The summed E-state index contributed by atoms with van der Waals surface area (Å²) >= 11 is 0. The van der Waals surface area contributed by atoms with Gasteiger partial charge in [-0.1, -0.05) is 60.7 Å². The molecule has 0 spiro atoms. The van der Waals surface area contributed by atoms with Gasteiger partial charge >= 0.3 is 0 Å². The standard InChI is InChI=1S/C22H18N4O/c1-24-21-18-12-11-15(13-19(18)25-22(23)26-21)16-9-5-6-10-17(16)20(27)14-7-3-2-4-8-14/h2-13H,1H3,(H3,23,24,25,26). The largest absolute Gasteiger partial charge is 0.372 e. The van der Waals surface area contributed by atoms with Gasteiger partial charge in [0.1, 0.15) is 5.82 Å². The molecular formula is C22H18N4O. The highest BCUT2D eigenvalue weighted by Gasteiger charge is 2.15. The average Bonchev–Trinajstić information content (AvgIpc) is 2.72. The van der Waals surface area contributed by atoms with Crippen LogP contribution in [0.3, 0.4) is 0 Å². The van der Waals surface area contributed by atoms with Crippen LogP contribution in [0.15, 0.2) is 72.8 Å². The number of nitrogens with two attached hydrogens (primary N) is 1. The molecule has 0 amide bonds. The number of hydrogen-bond acceptors (Lipinski definition) is 5. The molecule has 4 aromatic rings. The normalized spacial score (nSPS) is 10.7. The van der Waals surface area contributed by atoms with Crippen molar-refractivity contribution in [3.05, 3.63) is 83.9 Å². The Hall–Kier alpha value is -3.73. The maximum Gasteiger partial charge on any atom is 0.222 e.